The molecule has 0 aromatic carbocycles. The Balaban J connectivity index is 7.13. The van der Waals surface area contributed by atoms with Gasteiger partial charge in [-0.1, -0.05) is 107 Å². The number of allylic oxidation sites excluding steroid dienone is 16. The zero-order chi connectivity index (χ0) is 21.4. The molecule has 28 heavy (non-hydrogen) atoms. The Morgan fingerprint density at radius 2 is 1.25 bits per heavy atom. The van der Waals surface area contributed by atoms with E-state index >= 15 is 0 Å². The van der Waals surface area contributed by atoms with E-state index in [4.69, 9.17) is 0 Å². The average molecular weight is 370 g/mol. The maximum atomic E-state index is 4.04. The first-order chi connectivity index (χ1) is 13.6. The highest BCUT2D eigenvalue weighted by Gasteiger charge is 2.17. The summed E-state index contributed by atoms with van der Waals surface area (Å²) in [6, 6.07) is 0. The summed E-state index contributed by atoms with van der Waals surface area (Å²) in [5.41, 5.74) is 4.42. The molecular formula is C27H31N. The van der Waals surface area contributed by atoms with Gasteiger partial charge in [-0.15, -0.1) is 0 Å². The number of rotatable bonds is 13. The first-order valence-corrected chi connectivity index (χ1v) is 8.92. The summed E-state index contributed by atoms with van der Waals surface area (Å²) in [4.78, 5) is 2.04. The number of nitrogens with zero attached hydrogens (tertiary/aromatic N) is 1. The van der Waals surface area contributed by atoms with Crippen molar-refractivity contribution >= 4 is 0 Å². The van der Waals surface area contributed by atoms with Gasteiger partial charge in [0.15, 0.2) is 0 Å². The summed E-state index contributed by atoms with van der Waals surface area (Å²) in [5.74, 6) is 0. The van der Waals surface area contributed by atoms with Crippen LogP contribution >= 0.6 is 0 Å². The molecule has 0 heterocycles. The monoisotopic (exact) mass is 369 g/mol. The highest BCUT2D eigenvalue weighted by atomic mass is 15.2. The van der Waals surface area contributed by atoms with Gasteiger partial charge in [0.05, 0.1) is 5.70 Å². The third kappa shape index (κ3) is 6.97. The SMILES string of the molecule is C=C\C=C/C(=C\C=C)C(/C=C)=C(/C=C)N(/C(C=C)=C/C=C)C(/C=C\C=C)=C/C. The Hall–Kier alpha value is -3.58. The molecule has 0 saturated heterocycles. The molecule has 0 fully saturated rings. The quantitative estimate of drug-likeness (QED) is 0.301. The zero-order valence-electron chi connectivity index (χ0n) is 17.0. The molecular weight excluding hydrogens is 338 g/mol. The van der Waals surface area contributed by atoms with Crippen molar-refractivity contribution in [1.82, 2.24) is 4.90 Å². The lowest BCUT2D eigenvalue weighted by Gasteiger charge is -2.30. The van der Waals surface area contributed by atoms with Crippen LogP contribution in [0.25, 0.3) is 0 Å². The molecule has 0 aliphatic rings. The second-order valence-electron chi connectivity index (χ2n) is 5.33. The summed E-state index contributed by atoms with van der Waals surface area (Å²) in [6.45, 7) is 29.1. The summed E-state index contributed by atoms with van der Waals surface area (Å²) >= 11 is 0. The fraction of sp³-hybridized carbons (Fsp3) is 0.0370. The molecule has 0 saturated carbocycles. The molecule has 0 radical (unpaired) electrons. The fourth-order valence-electron chi connectivity index (χ4n) is 2.47. The van der Waals surface area contributed by atoms with Gasteiger partial charge in [0, 0.05) is 17.0 Å². The zero-order valence-corrected chi connectivity index (χ0v) is 17.0. The first-order valence-electron chi connectivity index (χ1n) is 8.92. The van der Waals surface area contributed by atoms with Gasteiger partial charge in [-0.25, -0.2) is 0 Å². The van der Waals surface area contributed by atoms with Crippen LogP contribution < -0.4 is 0 Å². The maximum absolute atomic E-state index is 4.04. The molecule has 0 bridgehead atoms. The molecule has 0 N–H and O–H groups in total. The lowest BCUT2D eigenvalue weighted by atomic mass is 10.0. The van der Waals surface area contributed by atoms with Crippen molar-refractivity contribution in [3.8, 4) is 0 Å². The van der Waals surface area contributed by atoms with E-state index < -0.39 is 0 Å². The minimum absolute atomic E-state index is 0.839. The van der Waals surface area contributed by atoms with Crippen molar-refractivity contribution in [3.05, 3.63) is 159 Å². The molecule has 0 aliphatic heterocycles. The second kappa shape index (κ2) is 14.6. The van der Waals surface area contributed by atoms with Gasteiger partial charge in [-0.2, -0.15) is 0 Å². The van der Waals surface area contributed by atoms with Gasteiger partial charge < -0.3 is 4.90 Å². The van der Waals surface area contributed by atoms with E-state index in [1.165, 1.54) is 0 Å². The van der Waals surface area contributed by atoms with Crippen LogP contribution in [0.4, 0.5) is 0 Å². The van der Waals surface area contributed by atoms with Crippen molar-refractivity contribution in [3.63, 3.8) is 0 Å². The van der Waals surface area contributed by atoms with E-state index in [-0.39, 0.29) is 0 Å². The van der Waals surface area contributed by atoms with E-state index in [2.05, 4.69) is 46.1 Å². The molecule has 0 unspecified atom stereocenters. The van der Waals surface area contributed by atoms with Crippen LogP contribution in [0, 0.1) is 0 Å². The minimum atomic E-state index is 0.839. The van der Waals surface area contributed by atoms with Gasteiger partial charge in [0.1, 0.15) is 0 Å². The molecule has 0 rings (SSSR count). The molecule has 1 nitrogen and oxygen atoms in total. The molecule has 0 aromatic rings. The van der Waals surface area contributed by atoms with Gasteiger partial charge in [-0.3, -0.25) is 0 Å². The normalized spacial score (nSPS) is 13.7. The predicted molar refractivity (Wildman–Crippen MR) is 128 cm³/mol. The highest BCUT2D eigenvalue weighted by molar-refractivity contribution is 5.55. The first kappa shape index (κ1) is 24.4. The third-order valence-corrected chi connectivity index (χ3v) is 3.65. The lowest BCUT2D eigenvalue weighted by Crippen LogP contribution is -2.21. The van der Waals surface area contributed by atoms with Crippen molar-refractivity contribution < 1.29 is 0 Å². The van der Waals surface area contributed by atoms with E-state index in [0.717, 1.165) is 28.2 Å². The van der Waals surface area contributed by atoms with Crippen LogP contribution in [0.15, 0.2) is 159 Å². The Morgan fingerprint density at radius 1 is 0.643 bits per heavy atom. The highest BCUT2D eigenvalue weighted by Crippen LogP contribution is 2.29. The fourth-order valence-corrected chi connectivity index (χ4v) is 2.47. The summed E-state index contributed by atoms with van der Waals surface area (Å²) in [6.07, 6.45) is 25.7. The molecule has 0 atom stereocenters. The standard InChI is InChI=1S/C27H31N/c1-9-17-21-23(19-11-3)26(15-7)27(16-8)28(24(13-5)20-12-4)25(14-6)22-18-10-2/h9-22H,1-5,7-8H2,6H3/b21-17-,22-18-,23-19+,24-20+,25-14+,27-26-. The van der Waals surface area contributed by atoms with Gasteiger partial charge in [0.2, 0.25) is 0 Å². The Bertz CT molecular complexity index is 801. The van der Waals surface area contributed by atoms with Crippen molar-refractivity contribution in [2.24, 2.45) is 0 Å². The third-order valence-electron chi connectivity index (χ3n) is 3.65. The van der Waals surface area contributed by atoms with Crippen molar-refractivity contribution in [2.75, 3.05) is 0 Å². The molecule has 1 heteroatoms. The van der Waals surface area contributed by atoms with Crippen LogP contribution in [0.3, 0.4) is 0 Å². The van der Waals surface area contributed by atoms with Crippen LogP contribution in [-0.2, 0) is 0 Å². The van der Waals surface area contributed by atoms with E-state index in [1.54, 1.807) is 42.5 Å². The molecule has 0 amide bonds. The van der Waals surface area contributed by atoms with Crippen molar-refractivity contribution in [1.29, 1.82) is 0 Å². The van der Waals surface area contributed by atoms with Gasteiger partial charge in [-0.05, 0) is 36.8 Å². The van der Waals surface area contributed by atoms with E-state index in [9.17, 15) is 0 Å². The average Bonchev–Trinajstić information content (AvgIpc) is 2.72. The summed E-state index contributed by atoms with van der Waals surface area (Å²) < 4.78 is 0. The topological polar surface area (TPSA) is 3.24 Å². The second-order valence-corrected chi connectivity index (χ2v) is 5.33. The Labute approximate surface area is 171 Å². The molecule has 0 aliphatic carbocycles. The van der Waals surface area contributed by atoms with Crippen molar-refractivity contribution in [2.45, 2.75) is 6.92 Å². The molecule has 0 spiro atoms. The predicted octanol–water partition coefficient (Wildman–Crippen LogP) is 7.67. The van der Waals surface area contributed by atoms with E-state index in [1.807, 2.05) is 54.4 Å². The van der Waals surface area contributed by atoms with Crippen LogP contribution in [0.2, 0.25) is 0 Å². The summed E-state index contributed by atoms with van der Waals surface area (Å²) in [7, 11) is 0. The Morgan fingerprint density at radius 3 is 1.68 bits per heavy atom. The minimum Gasteiger partial charge on any atom is -0.310 e. The number of hydrogen-bond acceptors (Lipinski definition) is 1. The summed E-state index contributed by atoms with van der Waals surface area (Å²) in [5, 5.41) is 0. The van der Waals surface area contributed by atoms with Gasteiger partial charge >= 0.3 is 0 Å². The Kier molecular flexibility index (Phi) is 12.7. The largest absolute Gasteiger partial charge is 0.310 e. The van der Waals surface area contributed by atoms with Crippen LogP contribution in [0.5, 0.6) is 0 Å². The lowest BCUT2D eigenvalue weighted by molar-refractivity contribution is 0.573. The van der Waals surface area contributed by atoms with Gasteiger partial charge in [0.25, 0.3) is 0 Å². The smallest absolute Gasteiger partial charge is 0.0533 e. The molecule has 144 valence electrons. The number of hydrogen-bond donors (Lipinski definition) is 0. The van der Waals surface area contributed by atoms with Crippen LogP contribution in [0.1, 0.15) is 6.92 Å². The molecule has 0 aromatic heterocycles. The van der Waals surface area contributed by atoms with E-state index in [0.29, 0.717) is 0 Å². The van der Waals surface area contributed by atoms with Crippen LogP contribution in [-0.4, -0.2) is 4.90 Å². The maximum Gasteiger partial charge on any atom is 0.0533 e.